The molecule has 0 aliphatic carbocycles. The van der Waals surface area contributed by atoms with E-state index in [0.29, 0.717) is 39.0 Å². The number of carbonyl (C=O) groups is 2. The number of nitrogens with zero attached hydrogens (tertiary/aromatic N) is 1. The van der Waals surface area contributed by atoms with E-state index in [2.05, 4.69) is 0 Å². The lowest BCUT2D eigenvalue weighted by Gasteiger charge is -2.33. The van der Waals surface area contributed by atoms with Gasteiger partial charge in [0.25, 0.3) is 0 Å². The van der Waals surface area contributed by atoms with E-state index in [1.54, 1.807) is 0 Å². The summed E-state index contributed by atoms with van der Waals surface area (Å²) >= 11 is 1.45. The molecule has 3 rings (SSSR count). The summed E-state index contributed by atoms with van der Waals surface area (Å²) in [6.07, 6.45) is 1.39. The normalized spacial score (nSPS) is 17.7. The quantitative estimate of drug-likeness (QED) is 0.751. The van der Waals surface area contributed by atoms with Crippen molar-refractivity contribution in [3.8, 4) is 0 Å². The number of carbonyl (C=O) groups excluding carboxylic acids is 2. The van der Waals surface area contributed by atoms with E-state index in [4.69, 9.17) is 4.74 Å². The second-order valence-corrected chi connectivity index (χ2v) is 6.81. The molecule has 5 heteroatoms. The van der Waals surface area contributed by atoms with Crippen LogP contribution in [0.5, 0.6) is 0 Å². The lowest BCUT2D eigenvalue weighted by atomic mass is 10.1. The molecule has 0 N–H and O–H groups in total. The smallest absolute Gasteiger partial charge is 0.222 e. The molecule has 1 aromatic carbocycles. The van der Waals surface area contributed by atoms with Gasteiger partial charge >= 0.3 is 0 Å². The first-order chi connectivity index (χ1) is 11.7. The molecule has 4 nitrogen and oxygen atoms in total. The number of Topliss-reactive ketones (excluding diaryl/α,β-unsaturated/α-hetero) is 1. The van der Waals surface area contributed by atoms with E-state index < -0.39 is 0 Å². The first kappa shape index (κ1) is 16.9. The predicted molar refractivity (Wildman–Crippen MR) is 94.2 cm³/mol. The number of benzene rings is 1. The van der Waals surface area contributed by atoms with Crippen LogP contribution in [0.2, 0.25) is 0 Å². The molecule has 1 saturated heterocycles. The molecule has 0 saturated carbocycles. The molecule has 24 heavy (non-hydrogen) atoms. The van der Waals surface area contributed by atoms with Gasteiger partial charge in [-0.15, -0.1) is 11.3 Å². The molecule has 2 heterocycles. The summed E-state index contributed by atoms with van der Waals surface area (Å²) < 4.78 is 5.79. The fourth-order valence-corrected chi connectivity index (χ4v) is 3.56. The second kappa shape index (κ2) is 8.22. The molecule has 0 spiro atoms. The topological polar surface area (TPSA) is 46.6 Å². The van der Waals surface area contributed by atoms with Crippen molar-refractivity contribution in [3.05, 3.63) is 58.3 Å². The summed E-state index contributed by atoms with van der Waals surface area (Å²) in [6.45, 7) is 1.77. The zero-order valence-electron chi connectivity index (χ0n) is 13.5. The van der Waals surface area contributed by atoms with E-state index >= 15 is 0 Å². The highest BCUT2D eigenvalue weighted by molar-refractivity contribution is 7.12. The van der Waals surface area contributed by atoms with Crippen LogP contribution in [0.3, 0.4) is 0 Å². The van der Waals surface area contributed by atoms with Gasteiger partial charge in [-0.05, 0) is 23.4 Å². The largest absolute Gasteiger partial charge is 0.370 e. The Balaban J connectivity index is 1.47. The van der Waals surface area contributed by atoms with Crippen molar-refractivity contribution < 1.29 is 14.3 Å². The zero-order valence-corrected chi connectivity index (χ0v) is 14.3. The number of morpholine rings is 1. The van der Waals surface area contributed by atoms with E-state index in [9.17, 15) is 9.59 Å². The Morgan fingerprint density at radius 1 is 1.12 bits per heavy atom. The molecule has 1 aliphatic rings. The van der Waals surface area contributed by atoms with Crippen molar-refractivity contribution in [1.29, 1.82) is 0 Å². The first-order valence-corrected chi connectivity index (χ1v) is 9.13. The molecule has 1 unspecified atom stereocenters. The third kappa shape index (κ3) is 4.30. The van der Waals surface area contributed by atoms with Gasteiger partial charge in [0.1, 0.15) is 6.10 Å². The Bertz CT molecular complexity index is 669. The van der Waals surface area contributed by atoms with Crippen molar-refractivity contribution in [1.82, 2.24) is 4.90 Å². The second-order valence-electron chi connectivity index (χ2n) is 5.86. The fraction of sp³-hybridized carbons (Fsp3) is 0.368. The van der Waals surface area contributed by atoms with Crippen molar-refractivity contribution >= 4 is 23.0 Å². The molecule has 0 radical (unpaired) electrons. The monoisotopic (exact) mass is 343 g/mol. The number of ketones is 1. The molecule has 2 aromatic rings. The zero-order chi connectivity index (χ0) is 16.8. The minimum absolute atomic E-state index is 0.0587. The molecule has 1 atom stereocenters. The maximum atomic E-state index is 12.4. The molecular weight excluding hydrogens is 322 g/mol. The minimum Gasteiger partial charge on any atom is -0.370 e. The van der Waals surface area contributed by atoms with Gasteiger partial charge in [-0.25, -0.2) is 0 Å². The summed E-state index contributed by atoms with van der Waals surface area (Å²) in [5.74, 6) is 0.236. The van der Waals surface area contributed by atoms with E-state index in [-0.39, 0.29) is 17.8 Å². The third-order valence-corrected chi connectivity index (χ3v) is 5.09. The Labute approximate surface area is 146 Å². The predicted octanol–water partition coefficient (Wildman–Crippen LogP) is 3.70. The Hall–Kier alpha value is -1.98. The van der Waals surface area contributed by atoms with Gasteiger partial charge in [0.15, 0.2) is 5.78 Å². The summed E-state index contributed by atoms with van der Waals surface area (Å²) in [5, 5.41) is 1.90. The molecule has 0 bridgehead atoms. The molecule has 1 aliphatic heterocycles. The van der Waals surface area contributed by atoms with Crippen LogP contribution in [0.4, 0.5) is 0 Å². The molecule has 126 valence electrons. The Morgan fingerprint density at radius 3 is 2.71 bits per heavy atom. The molecule has 1 amide bonds. The van der Waals surface area contributed by atoms with Gasteiger partial charge in [0, 0.05) is 19.4 Å². The SMILES string of the molecule is O=C(CCCC(=O)N1CCOC(c2ccccc2)C1)c1cccs1. The lowest BCUT2D eigenvalue weighted by molar-refractivity contribution is -0.139. The third-order valence-electron chi connectivity index (χ3n) is 4.18. The van der Waals surface area contributed by atoms with Crippen LogP contribution >= 0.6 is 11.3 Å². The van der Waals surface area contributed by atoms with Gasteiger partial charge in [-0.3, -0.25) is 9.59 Å². The minimum atomic E-state index is -0.0587. The summed E-state index contributed by atoms with van der Waals surface area (Å²) in [4.78, 5) is 27.0. The summed E-state index contributed by atoms with van der Waals surface area (Å²) in [7, 11) is 0. The number of rotatable bonds is 6. The van der Waals surface area contributed by atoms with E-state index in [1.807, 2.05) is 52.7 Å². The van der Waals surface area contributed by atoms with E-state index in [0.717, 1.165) is 10.4 Å². The van der Waals surface area contributed by atoms with Crippen LogP contribution in [-0.4, -0.2) is 36.3 Å². The maximum absolute atomic E-state index is 12.4. The number of ether oxygens (including phenoxy) is 1. The Morgan fingerprint density at radius 2 is 1.96 bits per heavy atom. The summed E-state index contributed by atoms with van der Waals surface area (Å²) in [6, 6.07) is 13.7. The molecule has 1 fully saturated rings. The van der Waals surface area contributed by atoms with Gasteiger partial charge in [-0.2, -0.15) is 0 Å². The molecular formula is C19H21NO3S. The lowest BCUT2D eigenvalue weighted by Crippen LogP contribution is -2.42. The standard InChI is InChI=1S/C19H21NO3S/c21-16(18-9-5-13-24-18)8-4-10-19(22)20-11-12-23-17(14-20)15-6-2-1-3-7-15/h1-3,5-7,9,13,17H,4,8,10-12,14H2. The highest BCUT2D eigenvalue weighted by Gasteiger charge is 2.25. The Kier molecular flexibility index (Phi) is 5.77. The van der Waals surface area contributed by atoms with Gasteiger partial charge in [0.2, 0.25) is 5.91 Å². The van der Waals surface area contributed by atoms with Crippen LogP contribution in [0, 0.1) is 0 Å². The highest BCUT2D eigenvalue weighted by Crippen LogP contribution is 2.22. The van der Waals surface area contributed by atoms with Crippen LogP contribution in [-0.2, 0) is 9.53 Å². The fourth-order valence-electron chi connectivity index (χ4n) is 2.86. The number of hydrogen-bond acceptors (Lipinski definition) is 4. The number of thiophene rings is 1. The van der Waals surface area contributed by atoms with Gasteiger partial charge in [-0.1, -0.05) is 36.4 Å². The van der Waals surface area contributed by atoms with Crippen LogP contribution < -0.4 is 0 Å². The summed E-state index contributed by atoms with van der Waals surface area (Å²) in [5.41, 5.74) is 1.10. The van der Waals surface area contributed by atoms with Crippen molar-refractivity contribution in [2.45, 2.75) is 25.4 Å². The average Bonchev–Trinajstić information content (AvgIpc) is 3.17. The number of hydrogen-bond donors (Lipinski definition) is 0. The van der Waals surface area contributed by atoms with Crippen LogP contribution in [0.15, 0.2) is 47.8 Å². The number of amides is 1. The molecule has 1 aromatic heterocycles. The first-order valence-electron chi connectivity index (χ1n) is 8.25. The van der Waals surface area contributed by atoms with Crippen molar-refractivity contribution in [2.75, 3.05) is 19.7 Å². The average molecular weight is 343 g/mol. The van der Waals surface area contributed by atoms with Gasteiger partial charge in [0.05, 0.1) is 18.0 Å². The van der Waals surface area contributed by atoms with Crippen molar-refractivity contribution in [3.63, 3.8) is 0 Å². The van der Waals surface area contributed by atoms with Crippen LogP contribution in [0.25, 0.3) is 0 Å². The maximum Gasteiger partial charge on any atom is 0.222 e. The highest BCUT2D eigenvalue weighted by atomic mass is 32.1. The van der Waals surface area contributed by atoms with E-state index in [1.165, 1.54) is 11.3 Å². The van der Waals surface area contributed by atoms with Gasteiger partial charge < -0.3 is 9.64 Å². The van der Waals surface area contributed by atoms with Crippen molar-refractivity contribution in [2.24, 2.45) is 0 Å². The van der Waals surface area contributed by atoms with Crippen LogP contribution in [0.1, 0.15) is 40.6 Å².